The van der Waals surface area contributed by atoms with E-state index in [1.54, 1.807) is 0 Å². The Morgan fingerprint density at radius 2 is 1.74 bits per heavy atom. The van der Waals surface area contributed by atoms with Crippen LogP contribution in [0.15, 0.2) is 24.3 Å². The number of unbranched alkanes of at least 4 members (excludes halogenated alkanes) is 5. The van der Waals surface area contributed by atoms with E-state index < -0.39 is 0 Å². The number of fused-ring (bicyclic) bond motifs is 2. The Bertz CT molecular complexity index is 652. The van der Waals surface area contributed by atoms with Crippen molar-refractivity contribution in [3.8, 4) is 0 Å². The van der Waals surface area contributed by atoms with E-state index in [-0.39, 0.29) is 17.0 Å². The highest BCUT2D eigenvalue weighted by molar-refractivity contribution is 5.90. The minimum absolute atomic E-state index is 0. The first kappa shape index (κ1) is 18.3. The van der Waals surface area contributed by atoms with Gasteiger partial charge in [0.15, 0.2) is 5.69 Å². The molecule has 0 bridgehead atoms. The standard InChI is InChI=1S/C20H28N2.BrH/c1-2-3-4-5-6-9-15-22-18-13-8-7-11-16(18)20(21)17-12-10-14-19(17)22;/h7-8,11,13,21H,2-6,9-10,12,14-15H2,1H3;1H. The molecule has 126 valence electrons. The largest absolute Gasteiger partial charge is 1.00 e. The van der Waals surface area contributed by atoms with Gasteiger partial charge in [0, 0.05) is 24.5 Å². The monoisotopic (exact) mass is 376 g/mol. The maximum atomic E-state index is 6.44. The fourth-order valence-corrected chi connectivity index (χ4v) is 3.87. The number of para-hydroxylation sites is 1. The molecule has 3 heteroatoms. The third-order valence-corrected chi connectivity index (χ3v) is 5.06. The predicted octanol–water partition coefficient (Wildman–Crippen LogP) is 1.56. The molecule has 0 saturated heterocycles. The van der Waals surface area contributed by atoms with E-state index in [0.29, 0.717) is 0 Å². The van der Waals surface area contributed by atoms with Gasteiger partial charge in [-0.3, -0.25) is 0 Å². The van der Waals surface area contributed by atoms with Crippen LogP contribution in [0, 0.1) is 0 Å². The molecular weight excluding hydrogens is 348 g/mol. The average molecular weight is 377 g/mol. The van der Waals surface area contributed by atoms with Gasteiger partial charge in [-0.2, -0.15) is 4.57 Å². The van der Waals surface area contributed by atoms with Crippen LogP contribution in [0.4, 0.5) is 5.69 Å². The van der Waals surface area contributed by atoms with E-state index in [2.05, 4.69) is 35.8 Å². The number of benzene rings is 1. The van der Waals surface area contributed by atoms with Gasteiger partial charge in [-0.25, -0.2) is 0 Å². The zero-order valence-electron chi connectivity index (χ0n) is 14.3. The van der Waals surface area contributed by atoms with Gasteiger partial charge in [-0.05, 0) is 25.3 Å². The summed E-state index contributed by atoms with van der Waals surface area (Å²) >= 11 is 0. The Kier molecular flexibility index (Phi) is 6.88. The Labute approximate surface area is 150 Å². The van der Waals surface area contributed by atoms with Gasteiger partial charge in [0.2, 0.25) is 5.52 Å². The number of hydrogen-bond acceptors (Lipinski definition) is 1. The van der Waals surface area contributed by atoms with E-state index in [0.717, 1.165) is 18.7 Å². The van der Waals surface area contributed by atoms with E-state index >= 15 is 0 Å². The number of aryl methyl sites for hydroxylation is 1. The molecule has 1 aromatic heterocycles. The van der Waals surface area contributed by atoms with Gasteiger partial charge in [-0.1, -0.05) is 44.7 Å². The zero-order valence-corrected chi connectivity index (χ0v) is 15.9. The molecule has 0 unspecified atom stereocenters. The lowest BCUT2D eigenvalue weighted by atomic mass is 10.1. The highest BCUT2D eigenvalue weighted by Gasteiger charge is 2.27. The molecule has 1 heterocycles. The van der Waals surface area contributed by atoms with Crippen molar-refractivity contribution >= 4 is 16.6 Å². The summed E-state index contributed by atoms with van der Waals surface area (Å²) in [5, 5.41) is 1.24. The number of halogens is 1. The lowest BCUT2D eigenvalue weighted by molar-refractivity contribution is -0.679. The van der Waals surface area contributed by atoms with Gasteiger partial charge in [0.1, 0.15) is 6.54 Å². The van der Waals surface area contributed by atoms with Gasteiger partial charge in [0.25, 0.3) is 0 Å². The second-order valence-electron chi connectivity index (χ2n) is 6.63. The number of nitrogen functional groups attached to an aromatic ring is 1. The highest BCUT2D eigenvalue weighted by atomic mass is 79.9. The van der Waals surface area contributed by atoms with E-state index in [1.807, 2.05) is 0 Å². The molecule has 0 amide bonds. The maximum Gasteiger partial charge on any atom is 0.214 e. The van der Waals surface area contributed by atoms with Crippen LogP contribution >= 0.6 is 0 Å². The molecule has 23 heavy (non-hydrogen) atoms. The van der Waals surface area contributed by atoms with Crippen LogP contribution in [-0.2, 0) is 19.4 Å². The van der Waals surface area contributed by atoms with Crippen molar-refractivity contribution in [2.75, 3.05) is 5.73 Å². The summed E-state index contributed by atoms with van der Waals surface area (Å²) < 4.78 is 2.56. The Balaban J connectivity index is 0.00000192. The normalized spacial score (nSPS) is 13.1. The smallest absolute Gasteiger partial charge is 0.214 e. The molecule has 0 saturated carbocycles. The van der Waals surface area contributed by atoms with Gasteiger partial charge >= 0.3 is 0 Å². The van der Waals surface area contributed by atoms with E-state index in [9.17, 15) is 0 Å². The first-order valence-corrected chi connectivity index (χ1v) is 9.04. The summed E-state index contributed by atoms with van der Waals surface area (Å²) in [6.45, 7) is 3.43. The minimum atomic E-state index is 0. The topological polar surface area (TPSA) is 29.9 Å². The molecular formula is C20H29BrN2. The van der Waals surface area contributed by atoms with Gasteiger partial charge < -0.3 is 22.7 Å². The first-order chi connectivity index (χ1) is 10.8. The molecule has 1 aliphatic carbocycles. The molecule has 1 aliphatic rings. The second-order valence-corrected chi connectivity index (χ2v) is 6.63. The quantitative estimate of drug-likeness (QED) is 0.576. The van der Waals surface area contributed by atoms with Crippen LogP contribution in [-0.4, -0.2) is 0 Å². The number of anilines is 1. The van der Waals surface area contributed by atoms with Crippen LogP contribution < -0.4 is 27.3 Å². The van der Waals surface area contributed by atoms with Crippen LogP contribution in [0.1, 0.15) is 63.1 Å². The van der Waals surface area contributed by atoms with Crippen LogP contribution in [0.2, 0.25) is 0 Å². The van der Waals surface area contributed by atoms with Crippen molar-refractivity contribution in [3.63, 3.8) is 0 Å². The summed E-state index contributed by atoms with van der Waals surface area (Å²) in [4.78, 5) is 0. The fourth-order valence-electron chi connectivity index (χ4n) is 3.87. The number of nitrogens with zero attached hydrogens (tertiary/aromatic N) is 1. The lowest BCUT2D eigenvalue weighted by Crippen LogP contribution is -3.00. The molecule has 0 radical (unpaired) electrons. The molecule has 0 fully saturated rings. The first-order valence-electron chi connectivity index (χ1n) is 9.04. The average Bonchev–Trinajstić information content (AvgIpc) is 3.03. The van der Waals surface area contributed by atoms with Gasteiger partial charge in [-0.15, -0.1) is 0 Å². The summed E-state index contributed by atoms with van der Waals surface area (Å²) in [5.74, 6) is 0. The predicted molar refractivity (Wildman–Crippen MR) is 94.0 cm³/mol. The highest BCUT2D eigenvalue weighted by Crippen LogP contribution is 2.30. The lowest BCUT2D eigenvalue weighted by Gasteiger charge is -2.10. The minimum Gasteiger partial charge on any atom is -1.00 e. The Hall–Kier alpha value is -1.09. The summed E-state index contributed by atoms with van der Waals surface area (Å²) in [6, 6.07) is 8.67. The number of rotatable bonds is 7. The number of nitrogens with two attached hydrogens (primary N) is 1. The molecule has 0 aliphatic heterocycles. The molecule has 3 rings (SSSR count). The van der Waals surface area contributed by atoms with Crippen LogP contribution in [0.3, 0.4) is 0 Å². The third kappa shape index (κ3) is 3.88. The van der Waals surface area contributed by atoms with Crippen LogP contribution in [0.25, 0.3) is 10.9 Å². The Morgan fingerprint density at radius 3 is 2.57 bits per heavy atom. The number of pyridine rings is 1. The van der Waals surface area contributed by atoms with Crippen molar-refractivity contribution in [2.45, 2.75) is 71.3 Å². The number of aromatic nitrogens is 1. The van der Waals surface area contributed by atoms with E-state index in [1.165, 1.54) is 73.5 Å². The van der Waals surface area contributed by atoms with E-state index in [4.69, 9.17) is 5.73 Å². The van der Waals surface area contributed by atoms with Crippen molar-refractivity contribution in [3.05, 3.63) is 35.5 Å². The second kappa shape index (κ2) is 8.68. The molecule has 2 N–H and O–H groups in total. The van der Waals surface area contributed by atoms with Gasteiger partial charge in [0.05, 0.1) is 11.1 Å². The van der Waals surface area contributed by atoms with Crippen molar-refractivity contribution in [1.82, 2.24) is 0 Å². The van der Waals surface area contributed by atoms with Crippen LogP contribution in [0.5, 0.6) is 0 Å². The molecule has 0 spiro atoms. The third-order valence-electron chi connectivity index (χ3n) is 5.06. The van der Waals surface area contributed by atoms with Crippen molar-refractivity contribution in [1.29, 1.82) is 0 Å². The van der Waals surface area contributed by atoms with Crippen molar-refractivity contribution in [2.24, 2.45) is 0 Å². The molecule has 2 aromatic rings. The molecule has 0 atom stereocenters. The maximum absolute atomic E-state index is 6.44. The Morgan fingerprint density at radius 1 is 1.00 bits per heavy atom. The fraction of sp³-hybridized carbons (Fsp3) is 0.550. The zero-order chi connectivity index (χ0) is 15.4. The SMILES string of the molecule is CCCCCCCC[n+]1c2c(c(N)c3ccccc31)CCC2.[Br-]. The van der Waals surface area contributed by atoms with Crippen molar-refractivity contribution < 1.29 is 21.5 Å². The number of hydrogen-bond donors (Lipinski definition) is 1. The molecule has 2 nitrogen and oxygen atoms in total. The summed E-state index contributed by atoms with van der Waals surface area (Å²) in [7, 11) is 0. The summed E-state index contributed by atoms with van der Waals surface area (Å²) in [6.07, 6.45) is 11.7. The summed E-state index contributed by atoms with van der Waals surface area (Å²) in [5.41, 5.74) is 11.7. The molecule has 1 aromatic carbocycles.